The summed E-state index contributed by atoms with van der Waals surface area (Å²) in [5, 5.41) is 13.8. The minimum absolute atomic E-state index is 0.0334. The molecule has 7 nitrogen and oxygen atoms in total. The third-order valence-corrected chi connectivity index (χ3v) is 5.30. The molecule has 1 aliphatic rings. The Kier molecular flexibility index (Phi) is 7.87. The van der Waals surface area contributed by atoms with Crippen LogP contribution in [-0.4, -0.2) is 42.3 Å². The van der Waals surface area contributed by atoms with Crippen molar-refractivity contribution in [2.75, 3.05) is 13.2 Å². The number of benzene rings is 2. The van der Waals surface area contributed by atoms with E-state index in [-0.39, 0.29) is 37.4 Å². The highest BCUT2D eigenvalue weighted by Crippen LogP contribution is 2.44. The number of aliphatic carboxylic acids is 1. The fraction of sp³-hybridized carbons (Fsp3) is 0.320. The van der Waals surface area contributed by atoms with Crippen molar-refractivity contribution in [3.63, 3.8) is 0 Å². The van der Waals surface area contributed by atoms with Crippen molar-refractivity contribution in [1.82, 2.24) is 10.6 Å². The van der Waals surface area contributed by atoms with Gasteiger partial charge in [0, 0.05) is 24.3 Å². The van der Waals surface area contributed by atoms with Crippen LogP contribution in [-0.2, 0) is 14.3 Å². The zero-order chi connectivity index (χ0) is 22.9. The third kappa shape index (κ3) is 5.88. The van der Waals surface area contributed by atoms with Crippen molar-refractivity contribution in [3.05, 3.63) is 59.7 Å². The molecule has 0 unspecified atom stereocenters. The number of carbonyl (C=O) groups is 3. The summed E-state index contributed by atoms with van der Waals surface area (Å²) in [4.78, 5) is 34.9. The molecule has 7 heteroatoms. The van der Waals surface area contributed by atoms with Crippen molar-refractivity contribution >= 4 is 18.0 Å². The Balaban J connectivity index is 1.55. The first-order valence-electron chi connectivity index (χ1n) is 10.6. The number of amides is 2. The molecular weight excluding hydrogens is 408 g/mol. The number of hydrogen-bond donors (Lipinski definition) is 3. The molecule has 0 fully saturated rings. The Morgan fingerprint density at radius 3 is 2.28 bits per heavy atom. The van der Waals surface area contributed by atoms with Crippen LogP contribution in [0, 0.1) is 11.8 Å². The average Bonchev–Trinajstić information content (AvgIpc) is 3.09. The van der Waals surface area contributed by atoms with Gasteiger partial charge in [-0.15, -0.1) is 0 Å². The molecule has 1 atom stereocenters. The summed E-state index contributed by atoms with van der Waals surface area (Å²) in [7, 11) is 0. The normalized spacial score (nSPS) is 12.5. The topological polar surface area (TPSA) is 105 Å². The number of hydrogen-bond acceptors (Lipinski definition) is 4. The summed E-state index contributed by atoms with van der Waals surface area (Å²) < 4.78 is 5.55. The van der Waals surface area contributed by atoms with E-state index in [1.807, 2.05) is 37.1 Å². The van der Waals surface area contributed by atoms with Crippen molar-refractivity contribution in [2.45, 2.75) is 38.1 Å². The molecule has 0 saturated carbocycles. The summed E-state index contributed by atoms with van der Waals surface area (Å²) >= 11 is 0. The van der Waals surface area contributed by atoms with Crippen LogP contribution in [0.3, 0.4) is 0 Å². The number of nitrogens with one attached hydrogen (secondary N) is 2. The van der Waals surface area contributed by atoms with E-state index >= 15 is 0 Å². The highest BCUT2D eigenvalue weighted by molar-refractivity contribution is 5.86. The lowest BCUT2D eigenvalue weighted by molar-refractivity contribution is -0.130. The van der Waals surface area contributed by atoms with Crippen LogP contribution < -0.4 is 10.6 Å². The molecule has 3 N–H and O–H groups in total. The van der Waals surface area contributed by atoms with Crippen molar-refractivity contribution in [3.8, 4) is 23.0 Å². The Labute approximate surface area is 187 Å². The molecule has 0 saturated heterocycles. The molecule has 2 aromatic rings. The molecule has 0 aromatic heterocycles. The molecule has 2 aromatic carbocycles. The van der Waals surface area contributed by atoms with E-state index in [2.05, 4.69) is 40.8 Å². The molecule has 0 radical (unpaired) electrons. The summed E-state index contributed by atoms with van der Waals surface area (Å²) in [5.41, 5.74) is 4.58. The van der Waals surface area contributed by atoms with Crippen LogP contribution in [0.5, 0.6) is 0 Å². The smallest absolute Gasteiger partial charge is 0.407 e. The van der Waals surface area contributed by atoms with Gasteiger partial charge in [-0.3, -0.25) is 4.79 Å². The first-order valence-corrected chi connectivity index (χ1v) is 10.6. The van der Waals surface area contributed by atoms with Crippen molar-refractivity contribution < 1.29 is 24.2 Å². The maximum absolute atomic E-state index is 12.5. The number of carboxylic acid groups (broad SMARTS) is 1. The first-order chi connectivity index (χ1) is 15.5. The fourth-order valence-corrected chi connectivity index (χ4v) is 3.94. The monoisotopic (exact) mass is 434 g/mol. The lowest BCUT2D eigenvalue weighted by Crippen LogP contribution is -2.40. The van der Waals surface area contributed by atoms with Gasteiger partial charge in [0.05, 0.1) is 6.54 Å². The van der Waals surface area contributed by atoms with E-state index in [0.717, 1.165) is 28.7 Å². The SMILES string of the molecule is CCC[C@@H](CC(=O)NCC#CC(=O)O)NC(=O)OCC1c2ccccc2-c2ccccc21. The van der Waals surface area contributed by atoms with Gasteiger partial charge in [0.2, 0.25) is 5.91 Å². The van der Waals surface area contributed by atoms with Gasteiger partial charge in [-0.25, -0.2) is 9.59 Å². The lowest BCUT2D eigenvalue weighted by Gasteiger charge is -2.19. The third-order valence-electron chi connectivity index (χ3n) is 5.30. The quantitative estimate of drug-likeness (QED) is 0.553. The first kappa shape index (κ1) is 22.9. The molecular formula is C25H26N2O5. The van der Waals surface area contributed by atoms with E-state index in [4.69, 9.17) is 9.84 Å². The van der Waals surface area contributed by atoms with Gasteiger partial charge < -0.3 is 20.5 Å². The minimum atomic E-state index is -1.25. The number of fused-ring (bicyclic) bond motifs is 3. The van der Waals surface area contributed by atoms with Crippen LogP contribution >= 0.6 is 0 Å². The van der Waals surface area contributed by atoms with Crippen molar-refractivity contribution in [2.24, 2.45) is 0 Å². The molecule has 0 aliphatic heterocycles. The second-order valence-corrected chi connectivity index (χ2v) is 7.54. The largest absolute Gasteiger partial charge is 0.472 e. The molecule has 1 aliphatic carbocycles. The van der Waals surface area contributed by atoms with Crippen LogP contribution in [0.1, 0.15) is 43.2 Å². The number of alkyl carbamates (subject to hydrolysis) is 1. The number of carbonyl (C=O) groups excluding carboxylic acids is 2. The van der Waals surface area contributed by atoms with E-state index in [0.29, 0.717) is 6.42 Å². The summed E-state index contributed by atoms with van der Waals surface area (Å²) in [6, 6.07) is 15.8. The number of ether oxygens (including phenoxy) is 1. The minimum Gasteiger partial charge on any atom is -0.472 e. The zero-order valence-electron chi connectivity index (χ0n) is 17.9. The second-order valence-electron chi connectivity index (χ2n) is 7.54. The molecule has 32 heavy (non-hydrogen) atoms. The predicted molar refractivity (Wildman–Crippen MR) is 120 cm³/mol. The van der Waals surface area contributed by atoms with E-state index < -0.39 is 12.1 Å². The van der Waals surface area contributed by atoms with Crippen LogP contribution in [0.4, 0.5) is 4.79 Å². The molecule has 0 bridgehead atoms. The average molecular weight is 434 g/mol. The Hall–Kier alpha value is -3.79. The molecule has 166 valence electrons. The summed E-state index contributed by atoms with van der Waals surface area (Å²) in [6.45, 7) is 2.10. The molecule has 0 heterocycles. The van der Waals surface area contributed by atoms with E-state index in [9.17, 15) is 14.4 Å². The summed E-state index contributed by atoms with van der Waals surface area (Å²) in [5.74, 6) is 2.67. The lowest BCUT2D eigenvalue weighted by atomic mass is 9.98. The van der Waals surface area contributed by atoms with E-state index in [1.165, 1.54) is 0 Å². The van der Waals surface area contributed by atoms with Gasteiger partial charge in [-0.05, 0) is 28.7 Å². The maximum atomic E-state index is 12.5. The van der Waals surface area contributed by atoms with Gasteiger partial charge in [-0.2, -0.15) is 0 Å². The highest BCUT2D eigenvalue weighted by Gasteiger charge is 2.29. The summed E-state index contributed by atoms with van der Waals surface area (Å²) in [6.07, 6.45) is 0.884. The maximum Gasteiger partial charge on any atom is 0.407 e. The Bertz CT molecular complexity index is 1010. The van der Waals surface area contributed by atoms with Gasteiger partial charge in [0.1, 0.15) is 6.61 Å². The van der Waals surface area contributed by atoms with Crippen molar-refractivity contribution in [1.29, 1.82) is 0 Å². The number of rotatable bonds is 8. The van der Waals surface area contributed by atoms with Gasteiger partial charge >= 0.3 is 12.1 Å². The number of carboxylic acids is 1. The van der Waals surface area contributed by atoms with Crippen LogP contribution in [0.25, 0.3) is 11.1 Å². The second kappa shape index (κ2) is 11.0. The molecule has 0 spiro atoms. The van der Waals surface area contributed by atoms with Gasteiger partial charge in [-0.1, -0.05) is 67.8 Å². The molecule has 3 rings (SSSR count). The van der Waals surface area contributed by atoms with Crippen LogP contribution in [0.15, 0.2) is 48.5 Å². The highest BCUT2D eigenvalue weighted by atomic mass is 16.5. The zero-order valence-corrected chi connectivity index (χ0v) is 17.9. The standard InChI is InChI=1S/C25H26N2O5/c1-2-8-17(15-23(28)26-14-7-13-24(29)30)27-25(31)32-16-22-20-11-5-3-9-18(20)19-10-4-6-12-21(19)22/h3-6,9-12,17,22H,2,8,14-16H2,1H3,(H,26,28)(H,27,31)(H,29,30)/t17-/m0/s1. The van der Waals surface area contributed by atoms with E-state index in [1.54, 1.807) is 0 Å². The Morgan fingerprint density at radius 2 is 1.69 bits per heavy atom. The van der Waals surface area contributed by atoms with Gasteiger partial charge in [0.25, 0.3) is 0 Å². The fourth-order valence-electron chi connectivity index (χ4n) is 3.94. The van der Waals surface area contributed by atoms with Crippen LogP contribution in [0.2, 0.25) is 0 Å². The molecule has 2 amide bonds. The Morgan fingerprint density at radius 1 is 1.06 bits per heavy atom. The van der Waals surface area contributed by atoms with Gasteiger partial charge in [0.15, 0.2) is 0 Å². The predicted octanol–water partition coefficient (Wildman–Crippen LogP) is 3.29.